The van der Waals surface area contributed by atoms with E-state index in [0.29, 0.717) is 38.9 Å². The van der Waals surface area contributed by atoms with Gasteiger partial charge in [-0.3, -0.25) is 24.1 Å². The molecule has 61 heavy (non-hydrogen) atoms. The van der Waals surface area contributed by atoms with E-state index < -0.39 is 46.8 Å². The monoisotopic (exact) mass is 825 g/mol. The van der Waals surface area contributed by atoms with Crippen LogP contribution in [0.2, 0.25) is 5.02 Å². The molecule has 1 N–H and O–H groups in total. The molecule has 2 saturated heterocycles. The minimum Gasteiger partial charge on any atom is -0.508 e. The quantitative estimate of drug-likeness (QED) is 0.0972. The van der Waals surface area contributed by atoms with Crippen molar-refractivity contribution < 1.29 is 24.3 Å². The first-order valence-corrected chi connectivity index (χ1v) is 20.7. The molecule has 302 valence electrons. The van der Waals surface area contributed by atoms with E-state index in [1.807, 2.05) is 110 Å². The summed E-state index contributed by atoms with van der Waals surface area (Å²) >= 11 is 6.47. The van der Waals surface area contributed by atoms with Crippen molar-refractivity contribution in [1.29, 1.82) is 0 Å². The Morgan fingerprint density at radius 1 is 0.689 bits per heavy atom. The second-order valence-electron chi connectivity index (χ2n) is 16.5. The number of carbonyl (C=O) groups excluding carboxylic acids is 4. The number of aromatic hydroxyl groups is 1. The van der Waals surface area contributed by atoms with Crippen LogP contribution in [-0.2, 0) is 24.6 Å². The predicted molar refractivity (Wildman–Crippen MR) is 236 cm³/mol. The second-order valence-corrected chi connectivity index (χ2v) is 16.9. The lowest BCUT2D eigenvalue weighted by atomic mass is 9.48. The Hall–Kier alpha value is -6.91. The van der Waals surface area contributed by atoms with Crippen LogP contribution in [0.3, 0.4) is 0 Å². The molecule has 0 radical (unpaired) electrons. The summed E-state index contributed by atoms with van der Waals surface area (Å²) in [5, 5.41) is 22.7. The molecule has 0 spiro atoms. The maximum absolute atomic E-state index is 15.7. The number of nitrogens with zero attached hydrogens (tertiary/aromatic N) is 5. The van der Waals surface area contributed by atoms with Crippen molar-refractivity contribution in [2.45, 2.75) is 24.2 Å². The van der Waals surface area contributed by atoms with Crippen LogP contribution in [0.25, 0.3) is 10.8 Å². The maximum atomic E-state index is 15.7. The molecule has 1 saturated carbocycles. The summed E-state index contributed by atoms with van der Waals surface area (Å²) in [4.78, 5) is 64.7. The number of anilines is 3. The van der Waals surface area contributed by atoms with Gasteiger partial charge in [-0.15, -0.1) is 0 Å². The average Bonchev–Trinajstić information content (AvgIpc) is 3.67. The molecule has 4 aliphatic rings. The summed E-state index contributed by atoms with van der Waals surface area (Å²) in [6.45, 7) is 0. The fourth-order valence-electron chi connectivity index (χ4n) is 10.5. The van der Waals surface area contributed by atoms with Crippen molar-refractivity contribution in [3.8, 4) is 5.75 Å². The number of phenolic OH excluding ortho intramolecular Hbond substituents is 1. The number of allylic oxidation sites excluding steroid dienone is 2. The molecule has 0 unspecified atom stereocenters. The Kier molecular flexibility index (Phi) is 9.21. The number of phenols is 1. The Morgan fingerprint density at radius 3 is 2.08 bits per heavy atom. The molecular weight excluding hydrogens is 786 g/mol. The zero-order chi connectivity index (χ0) is 42.2. The standard InChI is InChI=1S/C50H40ClN5O5/c1-54(2)34-20-16-32(17-21-34)52-53-33-18-22-35(23-19-33)55-46(58)39-25-24-38-40(43(39)48(55)60)28-41-47(59)56(36-13-8-12-31(51)27-36)49(61)50(41,30-10-4-3-5-11-30)45(38)44-37-14-7-6-9-29(37)15-26-42(44)57/h3-24,26-27,39-41,43,45,57H,25,28H2,1-2H3/t39-,40+,41-,43-,45+,50+/m0/s1. The van der Waals surface area contributed by atoms with Gasteiger partial charge in [0, 0.05) is 36.3 Å². The molecule has 6 atom stereocenters. The minimum absolute atomic E-state index is 0.0267. The summed E-state index contributed by atoms with van der Waals surface area (Å²) in [7, 11) is 3.93. The number of imide groups is 2. The third-order valence-electron chi connectivity index (χ3n) is 13.2. The molecule has 0 aromatic heterocycles. The number of fused-ring (bicyclic) bond motifs is 5. The maximum Gasteiger partial charge on any atom is 0.246 e. The lowest BCUT2D eigenvalue weighted by Gasteiger charge is -2.51. The van der Waals surface area contributed by atoms with Crippen LogP contribution in [0.1, 0.15) is 29.9 Å². The molecule has 2 heterocycles. The first-order chi connectivity index (χ1) is 29.6. The van der Waals surface area contributed by atoms with Gasteiger partial charge in [0.1, 0.15) is 5.75 Å². The van der Waals surface area contributed by atoms with Crippen LogP contribution in [0.15, 0.2) is 161 Å². The van der Waals surface area contributed by atoms with Gasteiger partial charge < -0.3 is 10.0 Å². The van der Waals surface area contributed by atoms with Gasteiger partial charge in [-0.2, -0.15) is 10.2 Å². The molecule has 10 rings (SSSR count). The van der Waals surface area contributed by atoms with Crippen LogP contribution >= 0.6 is 11.6 Å². The van der Waals surface area contributed by atoms with Gasteiger partial charge >= 0.3 is 0 Å². The number of amides is 4. The molecule has 6 aromatic rings. The highest BCUT2D eigenvalue weighted by molar-refractivity contribution is 6.32. The van der Waals surface area contributed by atoms with Crippen LogP contribution in [0.4, 0.5) is 28.4 Å². The van der Waals surface area contributed by atoms with E-state index in [2.05, 4.69) is 10.2 Å². The average molecular weight is 826 g/mol. The summed E-state index contributed by atoms with van der Waals surface area (Å²) in [5.74, 6) is -5.52. The van der Waals surface area contributed by atoms with Crippen LogP contribution in [0.5, 0.6) is 5.75 Å². The molecule has 3 fully saturated rings. The van der Waals surface area contributed by atoms with E-state index in [1.54, 1.807) is 54.6 Å². The number of hydrogen-bond acceptors (Lipinski definition) is 8. The van der Waals surface area contributed by atoms with Crippen LogP contribution in [0, 0.1) is 23.7 Å². The Labute approximate surface area is 357 Å². The molecular formula is C50H40ClN5O5. The molecule has 11 heteroatoms. The highest BCUT2D eigenvalue weighted by Crippen LogP contribution is 2.66. The lowest BCUT2D eigenvalue weighted by Crippen LogP contribution is -2.53. The summed E-state index contributed by atoms with van der Waals surface area (Å²) in [5.41, 5.74) is 3.40. The van der Waals surface area contributed by atoms with E-state index in [-0.39, 0.29) is 30.4 Å². The number of rotatable bonds is 7. The molecule has 0 bridgehead atoms. The first kappa shape index (κ1) is 38.3. The van der Waals surface area contributed by atoms with Crippen molar-refractivity contribution in [3.63, 3.8) is 0 Å². The van der Waals surface area contributed by atoms with Gasteiger partial charge in [-0.25, -0.2) is 4.90 Å². The fourth-order valence-corrected chi connectivity index (χ4v) is 10.7. The van der Waals surface area contributed by atoms with Crippen molar-refractivity contribution in [1.82, 2.24) is 0 Å². The normalized spacial score (nSPS) is 24.6. The van der Waals surface area contributed by atoms with Crippen molar-refractivity contribution >= 4 is 74.4 Å². The number of halogens is 1. The van der Waals surface area contributed by atoms with Crippen molar-refractivity contribution in [2.24, 2.45) is 33.9 Å². The summed E-state index contributed by atoms with van der Waals surface area (Å²) in [6.07, 6.45) is 2.38. The van der Waals surface area contributed by atoms with Gasteiger partial charge in [-0.1, -0.05) is 90.0 Å². The highest BCUT2D eigenvalue weighted by atomic mass is 35.5. The van der Waals surface area contributed by atoms with Gasteiger partial charge in [0.15, 0.2) is 0 Å². The smallest absolute Gasteiger partial charge is 0.246 e. The van der Waals surface area contributed by atoms with Crippen LogP contribution in [-0.4, -0.2) is 42.8 Å². The molecule has 4 amide bonds. The third kappa shape index (κ3) is 5.91. The molecule has 2 aliphatic carbocycles. The molecule has 2 aliphatic heterocycles. The second kappa shape index (κ2) is 14.7. The van der Waals surface area contributed by atoms with Crippen molar-refractivity contribution in [3.05, 3.63) is 167 Å². The topological polar surface area (TPSA) is 123 Å². The van der Waals surface area contributed by atoms with E-state index in [0.717, 1.165) is 22.0 Å². The van der Waals surface area contributed by atoms with Gasteiger partial charge in [0.25, 0.3) is 0 Å². The Balaban J connectivity index is 1.08. The number of hydrogen-bond donors (Lipinski definition) is 1. The largest absolute Gasteiger partial charge is 0.508 e. The Bertz CT molecular complexity index is 2840. The minimum atomic E-state index is -1.53. The SMILES string of the molecule is CN(C)c1ccc(N=Nc2ccc(N3C(=O)[C@H]4[C@H](CC=C5[C@H]4C[C@H]4C(=O)N(c6cccc(Cl)c6)C(=O)[C@@]4(c4ccccc4)[C@H]5c4c(O)ccc5ccccc45)C3=O)cc2)cc1. The number of benzene rings is 6. The van der Waals surface area contributed by atoms with E-state index in [1.165, 1.54) is 9.80 Å². The van der Waals surface area contributed by atoms with Gasteiger partial charge in [0.05, 0.1) is 45.9 Å². The molecule has 10 nitrogen and oxygen atoms in total. The third-order valence-corrected chi connectivity index (χ3v) is 13.4. The molecule has 6 aromatic carbocycles. The zero-order valence-corrected chi connectivity index (χ0v) is 34.1. The predicted octanol–water partition coefficient (Wildman–Crippen LogP) is 10.0. The van der Waals surface area contributed by atoms with Crippen LogP contribution < -0.4 is 14.7 Å². The van der Waals surface area contributed by atoms with E-state index >= 15 is 9.59 Å². The van der Waals surface area contributed by atoms with Crippen molar-refractivity contribution in [2.75, 3.05) is 28.8 Å². The lowest BCUT2D eigenvalue weighted by molar-refractivity contribution is -0.127. The highest BCUT2D eigenvalue weighted by Gasteiger charge is 2.70. The van der Waals surface area contributed by atoms with E-state index in [4.69, 9.17) is 11.6 Å². The summed E-state index contributed by atoms with van der Waals surface area (Å²) < 4.78 is 0. The zero-order valence-electron chi connectivity index (χ0n) is 33.4. The van der Waals surface area contributed by atoms with Gasteiger partial charge in [-0.05, 0) is 108 Å². The number of carbonyl (C=O) groups is 4. The van der Waals surface area contributed by atoms with E-state index in [9.17, 15) is 14.7 Å². The number of azo groups is 1. The first-order valence-electron chi connectivity index (χ1n) is 20.3. The Morgan fingerprint density at radius 2 is 1.38 bits per heavy atom. The summed E-state index contributed by atoms with van der Waals surface area (Å²) in [6, 6.07) is 41.6. The fraction of sp³-hybridized carbons (Fsp3) is 0.200. The van der Waals surface area contributed by atoms with Gasteiger partial charge in [0.2, 0.25) is 23.6 Å².